The average Bonchev–Trinajstić information content (AvgIpc) is 1.36. The first kappa shape index (κ1) is 4.56. The van der Waals surface area contributed by atoms with E-state index in [2.05, 4.69) is 0 Å². The largest absolute Gasteiger partial charge is 0.396 e. The van der Waals surface area contributed by atoms with E-state index in [1.165, 1.54) is 6.92 Å². The van der Waals surface area contributed by atoms with Crippen LogP contribution in [0.1, 0.15) is 16.1 Å². The molecule has 0 aliphatic carbocycles. The summed E-state index contributed by atoms with van der Waals surface area (Å²) in [4.78, 5) is 0. The number of hydrogen-bond acceptors (Lipinski definition) is 1. The Bertz CT molecular complexity index is 33.9. The van der Waals surface area contributed by atoms with E-state index in [-0.39, 0.29) is 44.1 Å². The van der Waals surface area contributed by atoms with Crippen LogP contribution in [0.3, 0.4) is 0 Å². The van der Waals surface area contributed by atoms with Crippen molar-refractivity contribution in [3.05, 3.63) is 0 Å². The molecule has 0 rings (SSSR count). The van der Waals surface area contributed by atoms with Crippen molar-refractivity contribution in [1.82, 2.24) is 0 Å². The predicted octanol–water partition coefficient (Wildman–Crippen LogP) is 0.389. The van der Waals surface area contributed by atoms with Gasteiger partial charge in [0, 0.05) is 52.0 Å². The summed E-state index contributed by atoms with van der Waals surface area (Å²) < 4.78 is 13.0. The van der Waals surface area contributed by atoms with Crippen LogP contribution in [-0.2, 0) is 0 Å². The van der Waals surface area contributed by atoms with Gasteiger partial charge in [0.15, 0.2) is 0 Å². The molecule has 0 aromatic carbocycles. The number of hydrogen-bond donors (Lipinski definition) is 1. The fourth-order valence-corrected chi connectivity index (χ4v) is 0. The summed E-state index contributed by atoms with van der Waals surface area (Å²) in [6, 6.07) is 0. The van der Waals surface area contributed by atoms with Crippen LogP contribution in [0.25, 0.3) is 0 Å². The van der Waals surface area contributed by atoms with Gasteiger partial charge in [-0.2, -0.15) is 0 Å². The summed E-state index contributed by atoms with van der Waals surface area (Å²) in [5, 5.41) is 8.11. The molecule has 0 amide bonds. The third-order valence-electron chi connectivity index (χ3n) is 0.149. The van der Waals surface area contributed by atoms with Crippen LogP contribution in [0.5, 0.6) is 0 Å². The van der Waals surface area contributed by atoms with Crippen molar-refractivity contribution < 1.29 is 51.9 Å². The second kappa shape index (κ2) is 9.04. The van der Waals surface area contributed by atoms with Gasteiger partial charge in [0.25, 0.3) is 0 Å². The van der Waals surface area contributed by atoms with Crippen LogP contribution in [0.4, 0.5) is 0 Å². The smallest absolute Gasteiger partial charge is 0.0564 e. The Balaban J connectivity index is 0. The Morgan fingerprint density at radius 1 is 2.00 bits per heavy atom. The van der Waals surface area contributed by atoms with Gasteiger partial charge in [0.1, 0.15) is 0 Å². The maximum absolute atomic E-state index is 8.11. The molecule has 0 aliphatic rings. The van der Waals surface area contributed by atoms with Crippen molar-refractivity contribution in [3.8, 4) is 0 Å². The Hall–Kier alpha value is 1.40. The Morgan fingerprint density at radius 2 is 2.20 bits per heavy atom. The van der Waals surface area contributed by atoms with Crippen molar-refractivity contribution >= 4 is 0 Å². The minimum atomic E-state index is -1.23. The quantitative estimate of drug-likeness (QED) is 0.740. The molecule has 2 unspecified atom stereocenters. The first-order valence-corrected chi connectivity index (χ1v) is 1.17. The topological polar surface area (TPSA) is 20.2 Å². The van der Waals surface area contributed by atoms with E-state index in [1.807, 2.05) is 0 Å². The van der Waals surface area contributed by atoms with Crippen LogP contribution in [0, 0.1) is 44.1 Å². The summed E-state index contributed by atoms with van der Waals surface area (Å²) in [5.74, 6) is 0. The van der Waals surface area contributed by atoms with Crippen LogP contribution in [0.15, 0.2) is 0 Å². The zero-order valence-electron chi connectivity index (χ0n) is 5.18. The third-order valence-corrected chi connectivity index (χ3v) is 0.149. The van der Waals surface area contributed by atoms with E-state index in [4.69, 9.17) is 7.85 Å². The predicted molar refractivity (Wildman–Crippen MR) is 17.4 cm³/mol. The molecule has 0 aromatic heterocycles. The Labute approximate surface area is 71.1 Å². The maximum Gasteiger partial charge on any atom is 0.0564 e. The van der Waals surface area contributed by atoms with Crippen LogP contribution in [0.2, 0.25) is 0 Å². The summed E-state index contributed by atoms with van der Waals surface area (Å²) in [6.07, 6.45) is -0.676. The van der Waals surface area contributed by atoms with Gasteiger partial charge in [0.05, 0.1) is 1.37 Å². The van der Waals surface area contributed by atoms with Gasteiger partial charge in [-0.05, 0) is 6.40 Å². The summed E-state index contributed by atoms with van der Waals surface area (Å²) in [7, 11) is 0. The normalized spacial score (nSPS) is 24.4. The van der Waals surface area contributed by atoms with Crippen molar-refractivity contribution in [3.63, 3.8) is 0 Å². The van der Waals surface area contributed by atoms with E-state index in [0.717, 1.165) is 0 Å². The van der Waals surface area contributed by atoms with Crippen molar-refractivity contribution in [2.24, 2.45) is 0 Å². The van der Waals surface area contributed by atoms with Crippen molar-refractivity contribution in [2.45, 2.75) is 13.3 Å². The third kappa shape index (κ3) is 10.8. The molecule has 0 saturated carbocycles. The molecule has 1 radical (unpaired) electrons. The first-order chi connectivity index (χ1) is 2.64. The van der Waals surface area contributed by atoms with Crippen LogP contribution < -0.4 is 0 Å². The van der Waals surface area contributed by atoms with E-state index in [0.29, 0.717) is 0 Å². The fourth-order valence-electron chi connectivity index (χ4n) is 0. The zero-order valence-corrected chi connectivity index (χ0v) is 7.92. The monoisotopic (exact) mass is 289 g/mol. The second-order valence-electron chi connectivity index (χ2n) is 0.482. The summed E-state index contributed by atoms with van der Waals surface area (Å²) in [5.41, 5.74) is 0. The van der Waals surface area contributed by atoms with Crippen molar-refractivity contribution in [2.75, 3.05) is 6.58 Å². The summed E-state index contributed by atoms with van der Waals surface area (Å²) in [6.45, 7) is 0.238. The molecule has 5 heavy (non-hydrogen) atoms. The van der Waals surface area contributed by atoms with Crippen molar-refractivity contribution in [1.29, 1.82) is 0 Å². The Kier molecular flexibility index (Phi) is 8.24. The molecule has 0 spiro atoms. The Morgan fingerprint density at radius 3 is 2.20 bits per heavy atom. The molecule has 0 saturated heterocycles. The fraction of sp³-hybridized carbons (Fsp3) is 1.00. The van der Waals surface area contributed by atoms with Gasteiger partial charge >= 0.3 is 0 Å². The minimum absolute atomic E-state index is 0. The van der Waals surface area contributed by atoms with Gasteiger partial charge in [-0.3, -0.25) is 0 Å². The average molecular weight is 289 g/mol. The molecular weight excluding hydrogens is 279 g/mol. The molecule has 2 atom stereocenters. The van der Waals surface area contributed by atoms with E-state index in [1.54, 1.807) is 0 Å². The maximum atomic E-state index is 8.11. The first-order valence-electron chi connectivity index (χ1n) is 2.32. The van der Waals surface area contributed by atoms with Gasteiger partial charge in [0.2, 0.25) is 0 Å². The van der Waals surface area contributed by atoms with E-state index >= 15 is 0 Å². The molecule has 1 nitrogen and oxygen atoms in total. The number of aliphatic hydroxyl groups is 1. The van der Waals surface area contributed by atoms with Gasteiger partial charge in [-0.15, -0.1) is 0 Å². The minimum Gasteiger partial charge on any atom is -0.396 e. The summed E-state index contributed by atoms with van der Waals surface area (Å²) >= 11 is 0. The standard InChI is InChI=1S/C3H8O.Ac/c1-2-3-4;/h4H,2-3H2,1H3;/i2D,3D;. The van der Waals surface area contributed by atoms with Crippen LogP contribution >= 0.6 is 0 Å². The number of rotatable bonds is 1. The molecule has 0 aromatic rings. The van der Waals surface area contributed by atoms with Gasteiger partial charge < -0.3 is 5.11 Å². The van der Waals surface area contributed by atoms with Gasteiger partial charge in [-0.25, -0.2) is 0 Å². The second-order valence-corrected chi connectivity index (χ2v) is 0.482. The van der Waals surface area contributed by atoms with E-state index in [9.17, 15) is 0 Å². The molecule has 29 valence electrons. The zero-order chi connectivity index (χ0) is 5.15. The number of aliphatic hydroxyl groups excluding tert-OH is 1. The molecular formula is C3H8AcO. The molecule has 0 bridgehead atoms. The van der Waals surface area contributed by atoms with Gasteiger partial charge in [-0.1, -0.05) is 6.92 Å². The SMILES string of the molecule is [2H]C(C)C([2H])O.[Ac]. The molecule has 2 heteroatoms. The van der Waals surface area contributed by atoms with E-state index < -0.39 is 13.0 Å². The molecule has 0 aliphatic heterocycles. The molecule has 1 N–H and O–H groups in total. The molecule has 0 heterocycles. The van der Waals surface area contributed by atoms with Crippen LogP contribution in [-0.4, -0.2) is 11.7 Å². The molecule has 0 fully saturated rings.